The van der Waals surface area contributed by atoms with Gasteiger partial charge in [0.2, 0.25) is 0 Å². The van der Waals surface area contributed by atoms with E-state index in [0.29, 0.717) is 6.04 Å². The number of nitrogens with one attached hydrogen (secondary N) is 1. The van der Waals surface area contributed by atoms with Crippen LogP contribution in [0.2, 0.25) is 0 Å². The number of hydrogen-bond acceptors (Lipinski definition) is 3. The average Bonchev–Trinajstić information content (AvgIpc) is 2.30. The summed E-state index contributed by atoms with van der Waals surface area (Å²) in [7, 11) is 0. The highest BCUT2D eigenvalue weighted by Crippen LogP contribution is 2.07. The summed E-state index contributed by atoms with van der Waals surface area (Å²) >= 11 is 0. The lowest BCUT2D eigenvalue weighted by atomic mass is 10.0. The Kier molecular flexibility index (Phi) is 6.04. The topological polar surface area (TPSA) is 34.2 Å². The van der Waals surface area contributed by atoms with Crippen LogP contribution in [0, 0.1) is 0 Å². The van der Waals surface area contributed by atoms with Gasteiger partial charge in [-0.25, -0.2) is 0 Å². The molecule has 1 aromatic rings. The SMILES string of the molecule is CCNC(Cc1ccncc1)C(C)OCC. The summed E-state index contributed by atoms with van der Waals surface area (Å²) in [5.74, 6) is 0. The van der Waals surface area contributed by atoms with Gasteiger partial charge >= 0.3 is 0 Å². The third-order valence-corrected chi connectivity index (χ3v) is 2.67. The highest BCUT2D eigenvalue weighted by Gasteiger charge is 2.16. The van der Waals surface area contributed by atoms with E-state index < -0.39 is 0 Å². The van der Waals surface area contributed by atoms with Gasteiger partial charge in [-0.1, -0.05) is 6.92 Å². The maximum atomic E-state index is 5.65. The molecule has 0 aliphatic rings. The van der Waals surface area contributed by atoms with E-state index >= 15 is 0 Å². The van der Waals surface area contributed by atoms with Crippen molar-refractivity contribution in [2.75, 3.05) is 13.2 Å². The zero-order valence-electron chi connectivity index (χ0n) is 10.4. The van der Waals surface area contributed by atoms with E-state index in [2.05, 4.69) is 36.3 Å². The summed E-state index contributed by atoms with van der Waals surface area (Å²) in [6.45, 7) is 8.01. The molecule has 0 saturated heterocycles. The molecule has 1 rings (SSSR count). The molecule has 0 aliphatic heterocycles. The zero-order chi connectivity index (χ0) is 11.8. The largest absolute Gasteiger partial charge is 0.377 e. The lowest BCUT2D eigenvalue weighted by Gasteiger charge is -2.24. The minimum Gasteiger partial charge on any atom is -0.377 e. The molecule has 0 aromatic carbocycles. The van der Waals surface area contributed by atoms with Gasteiger partial charge in [0, 0.05) is 25.0 Å². The van der Waals surface area contributed by atoms with Crippen LogP contribution in [0.15, 0.2) is 24.5 Å². The highest BCUT2D eigenvalue weighted by molar-refractivity contribution is 5.11. The molecule has 1 N–H and O–H groups in total. The van der Waals surface area contributed by atoms with Crippen LogP contribution in [-0.2, 0) is 11.2 Å². The molecule has 0 amide bonds. The Hall–Kier alpha value is -0.930. The molecule has 0 aliphatic carbocycles. The fourth-order valence-electron chi connectivity index (χ4n) is 1.82. The number of likely N-dealkylation sites (N-methyl/N-ethyl adjacent to an activating group) is 1. The Bertz CT molecular complexity index is 277. The normalized spacial score (nSPS) is 14.7. The van der Waals surface area contributed by atoms with Crippen molar-refractivity contribution in [1.82, 2.24) is 10.3 Å². The van der Waals surface area contributed by atoms with Crippen molar-refractivity contribution in [3.8, 4) is 0 Å². The molecule has 0 spiro atoms. The molecule has 0 fully saturated rings. The third-order valence-electron chi connectivity index (χ3n) is 2.67. The maximum Gasteiger partial charge on any atom is 0.0703 e. The molecule has 2 unspecified atom stereocenters. The molecule has 3 nitrogen and oxygen atoms in total. The number of pyridine rings is 1. The van der Waals surface area contributed by atoms with Crippen LogP contribution >= 0.6 is 0 Å². The number of rotatable bonds is 7. The van der Waals surface area contributed by atoms with E-state index in [1.807, 2.05) is 19.3 Å². The summed E-state index contributed by atoms with van der Waals surface area (Å²) in [6, 6.07) is 4.48. The maximum absolute atomic E-state index is 5.65. The standard InChI is InChI=1S/C13H22N2O/c1-4-15-13(11(3)16-5-2)10-12-6-8-14-9-7-12/h6-9,11,13,15H,4-5,10H2,1-3H3. The quantitative estimate of drug-likeness (QED) is 0.766. The molecule has 1 heterocycles. The first-order chi connectivity index (χ1) is 7.77. The number of ether oxygens (including phenoxy) is 1. The van der Waals surface area contributed by atoms with Gasteiger partial charge in [0.15, 0.2) is 0 Å². The molecule has 2 atom stereocenters. The van der Waals surface area contributed by atoms with Gasteiger partial charge in [0.05, 0.1) is 6.10 Å². The predicted octanol–water partition coefficient (Wildman–Crippen LogP) is 2.03. The third kappa shape index (κ3) is 4.29. The van der Waals surface area contributed by atoms with Crippen molar-refractivity contribution < 1.29 is 4.74 Å². The Morgan fingerprint density at radius 3 is 2.56 bits per heavy atom. The Labute approximate surface area is 98.2 Å². The van der Waals surface area contributed by atoms with Gasteiger partial charge in [0.1, 0.15) is 0 Å². The number of hydrogen-bond donors (Lipinski definition) is 1. The van der Waals surface area contributed by atoms with Gasteiger partial charge < -0.3 is 10.1 Å². The average molecular weight is 222 g/mol. The summed E-state index contributed by atoms with van der Waals surface area (Å²) in [4.78, 5) is 4.03. The minimum atomic E-state index is 0.234. The van der Waals surface area contributed by atoms with Gasteiger partial charge in [-0.3, -0.25) is 4.98 Å². The molecular weight excluding hydrogens is 200 g/mol. The second-order valence-electron chi connectivity index (χ2n) is 3.88. The predicted molar refractivity (Wildman–Crippen MR) is 66.5 cm³/mol. The van der Waals surface area contributed by atoms with Crippen molar-refractivity contribution in [2.24, 2.45) is 0 Å². The van der Waals surface area contributed by atoms with Crippen molar-refractivity contribution in [1.29, 1.82) is 0 Å². The molecule has 0 bridgehead atoms. The minimum absolute atomic E-state index is 0.234. The Morgan fingerprint density at radius 2 is 2.00 bits per heavy atom. The van der Waals surface area contributed by atoms with Crippen molar-refractivity contribution in [3.63, 3.8) is 0 Å². The Balaban J connectivity index is 2.57. The lowest BCUT2D eigenvalue weighted by Crippen LogP contribution is -2.41. The first-order valence-corrected chi connectivity index (χ1v) is 6.01. The van der Waals surface area contributed by atoms with Crippen LogP contribution in [0.3, 0.4) is 0 Å². The van der Waals surface area contributed by atoms with Crippen LogP contribution in [0.5, 0.6) is 0 Å². The lowest BCUT2D eigenvalue weighted by molar-refractivity contribution is 0.0480. The van der Waals surface area contributed by atoms with Gasteiger partial charge in [-0.05, 0) is 44.5 Å². The van der Waals surface area contributed by atoms with Crippen LogP contribution in [0.1, 0.15) is 26.3 Å². The second-order valence-corrected chi connectivity index (χ2v) is 3.88. The first-order valence-electron chi connectivity index (χ1n) is 6.01. The van der Waals surface area contributed by atoms with Gasteiger partial charge in [0.25, 0.3) is 0 Å². The fourth-order valence-corrected chi connectivity index (χ4v) is 1.82. The molecule has 16 heavy (non-hydrogen) atoms. The molecule has 3 heteroatoms. The molecule has 1 aromatic heterocycles. The van der Waals surface area contributed by atoms with Crippen LogP contribution in [-0.4, -0.2) is 30.3 Å². The molecule has 90 valence electrons. The number of aromatic nitrogens is 1. The summed E-state index contributed by atoms with van der Waals surface area (Å²) in [6.07, 6.45) is 4.89. The van der Waals surface area contributed by atoms with E-state index in [0.717, 1.165) is 19.6 Å². The van der Waals surface area contributed by atoms with Crippen molar-refractivity contribution >= 4 is 0 Å². The van der Waals surface area contributed by atoms with E-state index in [4.69, 9.17) is 4.74 Å². The fraction of sp³-hybridized carbons (Fsp3) is 0.615. The first kappa shape index (κ1) is 13.1. The molecular formula is C13H22N2O. The van der Waals surface area contributed by atoms with Crippen LogP contribution in [0.25, 0.3) is 0 Å². The van der Waals surface area contributed by atoms with Crippen LogP contribution in [0.4, 0.5) is 0 Å². The van der Waals surface area contributed by atoms with Gasteiger partial charge in [-0.2, -0.15) is 0 Å². The summed E-state index contributed by atoms with van der Waals surface area (Å²) in [5.41, 5.74) is 1.30. The smallest absolute Gasteiger partial charge is 0.0703 e. The van der Waals surface area contributed by atoms with Crippen LogP contribution < -0.4 is 5.32 Å². The van der Waals surface area contributed by atoms with E-state index in [1.54, 1.807) is 0 Å². The Morgan fingerprint density at radius 1 is 1.31 bits per heavy atom. The monoisotopic (exact) mass is 222 g/mol. The molecule has 0 radical (unpaired) electrons. The van der Waals surface area contributed by atoms with Crippen molar-refractivity contribution in [2.45, 2.75) is 39.3 Å². The number of nitrogens with zero attached hydrogens (tertiary/aromatic N) is 1. The van der Waals surface area contributed by atoms with E-state index in [1.165, 1.54) is 5.56 Å². The molecule has 0 saturated carbocycles. The second kappa shape index (κ2) is 7.36. The summed E-state index contributed by atoms with van der Waals surface area (Å²) < 4.78 is 5.65. The van der Waals surface area contributed by atoms with E-state index in [-0.39, 0.29) is 6.10 Å². The zero-order valence-corrected chi connectivity index (χ0v) is 10.4. The summed E-state index contributed by atoms with van der Waals surface area (Å²) in [5, 5.41) is 3.47. The van der Waals surface area contributed by atoms with E-state index in [9.17, 15) is 0 Å². The van der Waals surface area contributed by atoms with Gasteiger partial charge in [-0.15, -0.1) is 0 Å². The van der Waals surface area contributed by atoms with Crippen molar-refractivity contribution in [3.05, 3.63) is 30.1 Å². The highest BCUT2D eigenvalue weighted by atomic mass is 16.5.